The van der Waals surface area contributed by atoms with Crippen LogP contribution in [0.1, 0.15) is 55.6 Å². The van der Waals surface area contributed by atoms with E-state index < -0.39 is 5.79 Å². The summed E-state index contributed by atoms with van der Waals surface area (Å²) in [7, 11) is 5.22. The van der Waals surface area contributed by atoms with Crippen LogP contribution >= 0.6 is 0 Å². The van der Waals surface area contributed by atoms with E-state index in [9.17, 15) is 4.79 Å². The minimum atomic E-state index is -0.492. The van der Waals surface area contributed by atoms with Crippen LogP contribution in [0.2, 0.25) is 0 Å². The average molecular weight is 375 g/mol. The number of hydrogen-bond donors (Lipinski definition) is 1. The molecule has 2 atom stereocenters. The Balaban J connectivity index is 1.91. The lowest BCUT2D eigenvalue weighted by atomic mass is 9.74. The van der Waals surface area contributed by atoms with E-state index >= 15 is 0 Å². The van der Waals surface area contributed by atoms with Gasteiger partial charge in [-0.15, -0.1) is 0 Å². The molecule has 5 heteroatoms. The smallest absolute Gasteiger partial charge is 0.224 e. The van der Waals surface area contributed by atoms with Crippen LogP contribution in [-0.4, -0.2) is 57.0 Å². The third kappa shape index (κ3) is 4.53. The Kier molecular flexibility index (Phi) is 6.90. The largest absolute Gasteiger partial charge is 0.359 e. The van der Waals surface area contributed by atoms with Gasteiger partial charge in [0.1, 0.15) is 0 Å². The van der Waals surface area contributed by atoms with Gasteiger partial charge in [-0.1, -0.05) is 30.7 Å². The molecule has 3 rings (SSSR count). The van der Waals surface area contributed by atoms with Gasteiger partial charge < -0.3 is 14.8 Å². The Morgan fingerprint density at radius 1 is 1.19 bits per heavy atom. The highest BCUT2D eigenvalue weighted by atomic mass is 16.7. The number of carbonyl (C=O) groups excluding carboxylic acids is 1. The molecule has 27 heavy (non-hydrogen) atoms. The van der Waals surface area contributed by atoms with Crippen molar-refractivity contribution in [2.45, 2.75) is 62.7 Å². The van der Waals surface area contributed by atoms with Gasteiger partial charge in [0, 0.05) is 46.1 Å². The monoisotopic (exact) mass is 374 g/mol. The molecular weight excluding hydrogens is 340 g/mol. The molecule has 5 nitrogen and oxygen atoms in total. The SMILES string of the molecule is CNC(=O)Cc1ccccc1C1CCC(OC)(OC)CC1N1CCCCC1. The number of amides is 1. The van der Waals surface area contributed by atoms with Crippen molar-refractivity contribution < 1.29 is 14.3 Å². The molecule has 0 radical (unpaired) electrons. The molecule has 1 aromatic rings. The van der Waals surface area contributed by atoms with Crippen LogP contribution in [0.25, 0.3) is 0 Å². The summed E-state index contributed by atoms with van der Waals surface area (Å²) < 4.78 is 11.7. The number of rotatable bonds is 6. The number of nitrogens with zero attached hydrogens (tertiary/aromatic N) is 1. The minimum absolute atomic E-state index is 0.0657. The Bertz CT molecular complexity index is 624. The van der Waals surface area contributed by atoms with Crippen LogP contribution in [0.5, 0.6) is 0 Å². The van der Waals surface area contributed by atoms with E-state index in [1.165, 1.54) is 24.8 Å². The van der Waals surface area contributed by atoms with Gasteiger partial charge in [0.25, 0.3) is 0 Å². The van der Waals surface area contributed by atoms with E-state index in [2.05, 4.69) is 28.4 Å². The van der Waals surface area contributed by atoms with Crippen LogP contribution in [-0.2, 0) is 20.7 Å². The number of benzene rings is 1. The molecule has 150 valence electrons. The fourth-order valence-corrected chi connectivity index (χ4v) is 4.90. The van der Waals surface area contributed by atoms with Gasteiger partial charge in [0.15, 0.2) is 5.79 Å². The molecule has 2 unspecified atom stereocenters. The van der Waals surface area contributed by atoms with Crippen molar-refractivity contribution in [1.82, 2.24) is 10.2 Å². The molecule has 1 amide bonds. The summed E-state index contributed by atoms with van der Waals surface area (Å²) >= 11 is 0. The number of likely N-dealkylation sites (N-methyl/N-ethyl adjacent to an activating group) is 1. The van der Waals surface area contributed by atoms with Crippen LogP contribution in [0.15, 0.2) is 24.3 Å². The normalized spacial score (nSPS) is 25.9. The van der Waals surface area contributed by atoms with Crippen molar-refractivity contribution in [2.75, 3.05) is 34.4 Å². The fourth-order valence-electron chi connectivity index (χ4n) is 4.90. The van der Waals surface area contributed by atoms with Crippen molar-refractivity contribution in [2.24, 2.45) is 0 Å². The van der Waals surface area contributed by atoms with E-state index in [1.54, 1.807) is 21.3 Å². The molecule has 2 aliphatic rings. The highest BCUT2D eigenvalue weighted by molar-refractivity contribution is 5.78. The maximum atomic E-state index is 12.0. The van der Waals surface area contributed by atoms with Gasteiger partial charge in [-0.2, -0.15) is 0 Å². The van der Waals surface area contributed by atoms with E-state index in [4.69, 9.17) is 9.47 Å². The molecular formula is C22H34N2O3. The van der Waals surface area contributed by atoms with Gasteiger partial charge in [0.2, 0.25) is 5.91 Å². The summed E-state index contributed by atoms with van der Waals surface area (Å²) in [4.78, 5) is 14.7. The van der Waals surface area contributed by atoms with E-state index in [0.29, 0.717) is 18.4 Å². The van der Waals surface area contributed by atoms with Gasteiger partial charge in [-0.25, -0.2) is 0 Å². The van der Waals surface area contributed by atoms with Crippen molar-refractivity contribution in [1.29, 1.82) is 0 Å². The number of nitrogens with one attached hydrogen (secondary N) is 1. The molecule has 1 aliphatic carbocycles. The number of likely N-dealkylation sites (tertiary alicyclic amines) is 1. The lowest BCUT2D eigenvalue weighted by Gasteiger charge is -2.48. The lowest BCUT2D eigenvalue weighted by molar-refractivity contribution is -0.235. The van der Waals surface area contributed by atoms with Crippen molar-refractivity contribution >= 4 is 5.91 Å². The van der Waals surface area contributed by atoms with E-state index in [0.717, 1.165) is 37.9 Å². The first-order chi connectivity index (χ1) is 13.1. The molecule has 1 aromatic carbocycles. The topological polar surface area (TPSA) is 50.8 Å². The number of ether oxygens (including phenoxy) is 2. The van der Waals surface area contributed by atoms with E-state index in [1.807, 2.05) is 6.07 Å². The second-order valence-corrected chi connectivity index (χ2v) is 7.88. The first kappa shape index (κ1) is 20.3. The summed E-state index contributed by atoms with van der Waals surface area (Å²) in [6.07, 6.45) is 7.04. The zero-order chi connectivity index (χ0) is 19.3. The number of hydrogen-bond acceptors (Lipinski definition) is 4. The molecule has 1 N–H and O–H groups in total. The van der Waals surface area contributed by atoms with Gasteiger partial charge in [-0.3, -0.25) is 9.69 Å². The second kappa shape index (κ2) is 9.18. The third-order valence-electron chi connectivity index (χ3n) is 6.51. The summed E-state index contributed by atoms with van der Waals surface area (Å²) in [6.45, 7) is 2.28. The van der Waals surface area contributed by atoms with E-state index in [-0.39, 0.29) is 5.91 Å². The molecule has 1 heterocycles. The summed E-state index contributed by atoms with van der Waals surface area (Å²) in [6, 6.07) is 8.84. The Morgan fingerprint density at radius 3 is 2.56 bits per heavy atom. The summed E-state index contributed by atoms with van der Waals surface area (Å²) in [5, 5.41) is 2.76. The van der Waals surface area contributed by atoms with Crippen molar-refractivity contribution in [3.8, 4) is 0 Å². The number of piperidine rings is 1. The highest BCUT2D eigenvalue weighted by Gasteiger charge is 2.44. The Labute approximate surface area is 163 Å². The number of methoxy groups -OCH3 is 2. The molecule has 0 bridgehead atoms. The first-order valence-electron chi connectivity index (χ1n) is 10.2. The van der Waals surface area contributed by atoms with Crippen LogP contribution in [0.4, 0.5) is 0 Å². The second-order valence-electron chi connectivity index (χ2n) is 7.88. The van der Waals surface area contributed by atoms with Crippen molar-refractivity contribution in [3.05, 3.63) is 35.4 Å². The quantitative estimate of drug-likeness (QED) is 0.778. The predicted octanol–water partition coefficient (Wildman–Crippen LogP) is 3.09. The van der Waals surface area contributed by atoms with Crippen LogP contribution in [0.3, 0.4) is 0 Å². The van der Waals surface area contributed by atoms with Crippen LogP contribution in [0, 0.1) is 0 Å². The molecule has 1 saturated carbocycles. The Morgan fingerprint density at radius 2 is 1.89 bits per heavy atom. The standard InChI is InChI=1S/C22H34N2O3/c1-23-21(25)15-17-9-5-6-10-18(17)19-11-12-22(26-2,27-3)16-20(19)24-13-7-4-8-14-24/h5-6,9-10,19-20H,4,7-8,11-16H2,1-3H3,(H,23,25). The van der Waals surface area contributed by atoms with Gasteiger partial charge >= 0.3 is 0 Å². The molecule has 0 aromatic heterocycles. The van der Waals surface area contributed by atoms with Gasteiger partial charge in [0.05, 0.1) is 6.42 Å². The Hall–Kier alpha value is -1.43. The predicted molar refractivity (Wildman–Crippen MR) is 107 cm³/mol. The lowest BCUT2D eigenvalue weighted by Crippen LogP contribution is -2.52. The van der Waals surface area contributed by atoms with Crippen LogP contribution < -0.4 is 5.32 Å². The van der Waals surface area contributed by atoms with Crippen molar-refractivity contribution in [3.63, 3.8) is 0 Å². The maximum Gasteiger partial charge on any atom is 0.224 e. The number of carbonyl (C=O) groups is 1. The van der Waals surface area contributed by atoms with Gasteiger partial charge in [-0.05, 0) is 43.5 Å². The molecule has 1 aliphatic heterocycles. The zero-order valence-electron chi connectivity index (χ0n) is 17.0. The maximum absolute atomic E-state index is 12.0. The summed E-state index contributed by atoms with van der Waals surface area (Å²) in [5.74, 6) is -0.0211. The first-order valence-corrected chi connectivity index (χ1v) is 10.2. The summed E-state index contributed by atoms with van der Waals surface area (Å²) in [5.41, 5.74) is 2.46. The zero-order valence-corrected chi connectivity index (χ0v) is 17.0. The molecule has 1 saturated heterocycles. The third-order valence-corrected chi connectivity index (χ3v) is 6.51. The minimum Gasteiger partial charge on any atom is -0.359 e. The highest BCUT2D eigenvalue weighted by Crippen LogP contribution is 2.44. The molecule has 0 spiro atoms. The fraction of sp³-hybridized carbons (Fsp3) is 0.682. The average Bonchev–Trinajstić information content (AvgIpc) is 2.74. The molecule has 2 fully saturated rings.